The van der Waals surface area contributed by atoms with Gasteiger partial charge in [-0.05, 0) is 0 Å². The number of hydroxylamine groups is 3. The minimum absolute atomic E-state index is 0.330. The first-order valence-electron chi connectivity index (χ1n) is 1.92. The number of nitroso groups, excluding NO2 is 1. The summed E-state index contributed by atoms with van der Waals surface area (Å²) in [5.41, 5.74) is 0. The average molecular weight is 123 g/mol. The van der Waals surface area contributed by atoms with Gasteiger partial charge in [-0.25, -0.2) is 0 Å². The van der Waals surface area contributed by atoms with Crippen LogP contribution in [0.4, 0.5) is 0 Å². The Labute approximate surface area is 45.0 Å². The molecule has 0 aromatic rings. The molecular formula is C2H7N2O4+. The van der Waals surface area contributed by atoms with Gasteiger partial charge in [0.05, 0.1) is 4.97 Å². The molecule has 0 saturated carbocycles. The predicted molar refractivity (Wildman–Crippen MR) is 21.1 cm³/mol. The minimum atomic E-state index is -2.19. The number of rotatable bonds is 3. The summed E-state index contributed by atoms with van der Waals surface area (Å²) in [7, 11) is 0. The molecule has 0 aliphatic heterocycles. The van der Waals surface area contributed by atoms with E-state index in [-0.39, 0.29) is 6.54 Å². The van der Waals surface area contributed by atoms with Gasteiger partial charge in [0, 0.05) is 0 Å². The van der Waals surface area contributed by atoms with Gasteiger partial charge in [0.2, 0.25) is 0 Å². The Balaban J connectivity index is 3.24. The molecule has 0 radical (unpaired) electrons. The first-order valence-corrected chi connectivity index (χ1v) is 1.92. The Morgan fingerprint density at radius 2 is 1.88 bits per heavy atom. The lowest BCUT2D eigenvalue weighted by atomic mass is 10.7. The molecule has 8 heavy (non-hydrogen) atoms. The molecule has 0 heterocycles. The number of hydrogen-bond acceptors (Lipinski definition) is 5. The highest BCUT2D eigenvalue weighted by Crippen LogP contribution is 1.85. The molecule has 0 aliphatic rings. The van der Waals surface area contributed by atoms with Crippen molar-refractivity contribution in [1.82, 2.24) is 0 Å². The highest BCUT2D eigenvalue weighted by molar-refractivity contribution is 4.31. The van der Waals surface area contributed by atoms with Crippen LogP contribution >= 0.6 is 0 Å². The molecule has 0 aromatic carbocycles. The summed E-state index contributed by atoms with van der Waals surface area (Å²) in [6.07, 6.45) is 0. The Morgan fingerprint density at radius 1 is 1.38 bits per heavy atom. The summed E-state index contributed by atoms with van der Waals surface area (Å²) >= 11 is 0. The monoisotopic (exact) mass is 123 g/mol. The quantitative estimate of drug-likeness (QED) is 0.274. The normalized spacial score (nSPS) is 11.4. The third-order valence-electron chi connectivity index (χ3n) is 0.491. The predicted octanol–water partition coefficient (Wildman–Crippen LogP) is -0.263. The van der Waals surface area contributed by atoms with E-state index in [4.69, 9.17) is 15.6 Å². The lowest BCUT2D eigenvalue weighted by Gasteiger charge is -2.07. The fraction of sp³-hybridized carbons (Fsp3) is 1.00. The molecule has 6 nitrogen and oxygen atoms in total. The van der Waals surface area contributed by atoms with Crippen molar-refractivity contribution in [2.24, 2.45) is 5.18 Å². The van der Waals surface area contributed by atoms with E-state index in [1.54, 1.807) is 0 Å². The Kier molecular flexibility index (Phi) is 2.49. The summed E-state index contributed by atoms with van der Waals surface area (Å²) in [5.74, 6) is 0. The van der Waals surface area contributed by atoms with Crippen molar-refractivity contribution in [3.05, 3.63) is 4.91 Å². The van der Waals surface area contributed by atoms with E-state index in [9.17, 15) is 4.91 Å². The van der Waals surface area contributed by atoms with Crippen LogP contribution in [-0.4, -0.2) is 33.7 Å². The largest absolute Gasteiger partial charge is 0.200 e. The Bertz CT molecular complexity index is 76.6. The third-order valence-corrected chi connectivity index (χ3v) is 0.491. The van der Waals surface area contributed by atoms with Crippen LogP contribution in [0.5, 0.6) is 0 Å². The summed E-state index contributed by atoms with van der Waals surface area (Å²) in [4.78, 5) is 7.07. The van der Waals surface area contributed by atoms with Crippen molar-refractivity contribution in [2.75, 3.05) is 13.1 Å². The molecule has 0 saturated heterocycles. The summed E-state index contributed by atoms with van der Waals surface area (Å²) in [5, 5.41) is 26.3. The van der Waals surface area contributed by atoms with Crippen LogP contribution in [0.15, 0.2) is 5.18 Å². The van der Waals surface area contributed by atoms with E-state index in [0.29, 0.717) is 0 Å². The number of hydrogen-bond donors (Lipinski definition) is 3. The van der Waals surface area contributed by atoms with Crippen molar-refractivity contribution in [3.63, 3.8) is 0 Å². The van der Waals surface area contributed by atoms with Crippen LogP contribution in [0.25, 0.3) is 0 Å². The molecule has 48 valence electrons. The van der Waals surface area contributed by atoms with Crippen molar-refractivity contribution < 1.29 is 20.6 Å². The lowest BCUT2D eigenvalue weighted by molar-refractivity contribution is -1.37. The van der Waals surface area contributed by atoms with Crippen LogP contribution < -0.4 is 0 Å². The smallest absolute Gasteiger partial charge is 0.151 e. The van der Waals surface area contributed by atoms with Crippen LogP contribution in [-0.2, 0) is 0 Å². The van der Waals surface area contributed by atoms with Gasteiger partial charge < -0.3 is 0 Å². The SMILES string of the molecule is O=NCC[N+](O)(O)O. The van der Waals surface area contributed by atoms with Gasteiger partial charge in [-0.1, -0.05) is 5.18 Å². The zero-order valence-corrected chi connectivity index (χ0v) is 4.06. The maximum Gasteiger partial charge on any atom is 0.200 e. The topological polar surface area (TPSA) is 90.1 Å². The lowest BCUT2D eigenvalue weighted by Crippen LogP contribution is -2.39. The van der Waals surface area contributed by atoms with E-state index in [0.717, 1.165) is 0 Å². The van der Waals surface area contributed by atoms with Gasteiger partial charge in [0.1, 0.15) is 6.54 Å². The van der Waals surface area contributed by atoms with E-state index in [1.165, 1.54) is 0 Å². The highest BCUT2D eigenvalue weighted by Gasteiger charge is 2.16. The van der Waals surface area contributed by atoms with Crippen LogP contribution in [0.1, 0.15) is 0 Å². The van der Waals surface area contributed by atoms with E-state index < -0.39 is 11.5 Å². The second-order valence-corrected chi connectivity index (χ2v) is 1.27. The fourth-order valence-corrected chi connectivity index (χ4v) is 0.175. The van der Waals surface area contributed by atoms with Crippen LogP contribution in [0.2, 0.25) is 0 Å². The van der Waals surface area contributed by atoms with E-state index in [2.05, 4.69) is 5.18 Å². The highest BCUT2D eigenvalue weighted by atomic mass is 17.1. The molecule has 3 N–H and O–H groups in total. The van der Waals surface area contributed by atoms with Gasteiger partial charge in [0.15, 0.2) is 6.54 Å². The van der Waals surface area contributed by atoms with Crippen molar-refractivity contribution >= 4 is 0 Å². The van der Waals surface area contributed by atoms with Crippen molar-refractivity contribution in [3.8, 4) is 0 Å². The van der Waals surface area contributed by atoms with Crippen LogP contribution in [0.3, 0.4) is 0 Å². The summed E-state index contributed by atoms with van der Waals surface area (Å²) in [6, 6.07) is 0. The van der Waals surface area contributed by atoms with Gasteiger partial charge in [-0.2, -0.15) is 4.91 Å². The fourth-order valence-electron chi connectivity index (χ4n) is 0.175. The third kappa shape index (κ3) is 5.44. The van der Waals surface area contributed by atoms with Gasteiger partial charge in [-0.3, -0.25) is 0 Å². The maximum absolute atomic E-state index is 9.26. The second kappa shape index (κ2) is 2.68. The molecule has 0 rings (SSSR count). The summed E-state index contributed by atoms with van der Waals surface area (Å²) in [6.45, 7) is -0.840. The van der Waals surface area contributed by atoms with E-state index >= 15 is 0 Å². The summed E-state index contributed by atoms with van der Waals surface area (Å²) < 4.78 is 0. The molecular weight excluding hydrogens is 116 g/mol. The molecule has 6 heteroatoms. The second-order valence-electron chi connectivity index (χ2n) is 1.27. The number of quaternary nitrogens is 1. The van der Waals surface area contributed by atoms with Crippen molar-refractivity contribution in [1.29, 1.82) is 0 Å². The molecule has 0 amide bonds. The van der Waals surface area contributed by atoms with Crippen molar-refractivity contribution in [2.45, 2.75) is 0 Å². The molecule has 0 unspecified atom stereocenters. The van der Waals surface area contributed by atoms with Crippen LogP contribution in [0, 0.1) is 4.91 Å². The Hall–Kier alpha value is -0.560. The first kappa shape index (κ1) is 7.44. The maximum atomic E-state index is 9.26. The molecule has 0 fully saturated rings. The number of nitrogens with zero attached hydrogens (tertiary/aromatic N) is 2. The Morgan fingerprint density at radius 3 is 2.00 bits per heavy atom. The zero-order valence-electron chi connectivity index (χ0n) is 4.06. The molecule has 0 aromatic heterocycles. The van der Waals surface area contributed by atoms with Gasteiger partial charge >= 0.3 is 0 Å². The zero-order chi connectivity index (χ0) is 6.62. The standard InChI is InChI=1S/C2H7N2O4/c5-3-1-2-4(6,7)8/h6-8H,1-2H2/q+1. The van der Waals surface area contributed by atoms with Gasteiger partial charge in [0.25, 0.3) is 0 Å². The molecule has 0 spiro atoms. The molecule has 0 bridgehead atoms. The van der Waals surface area contributed by atoms with Gasteiger partial charge in [-0.15, -0.1) is 15.6 Å². The first-order chi connectivity index (χ1) is 3.56. The minimum Gasteiger partial charge on any atom is -0.151 e. The molecule has 0 aliphatic carbocycles. The molecule has 0 atom stereocenters. The van der Waals surface area contributed by atoms with E-state index in [1.807, 2.05) is 0 Å². The average Bonchev–Trinajstić information content (AvgIpc) is 1.59.